The fraction of sp³-hybridized carbons (Fsp3) is 0.167. The molecule has 3 aromatic carbocycles. The Kier molecular flexibility index (Phi) is 4.97. The number of aryl methyl sites for hydroxylation is 1. The summed E-state index contributed by atoms with van der Waals surface area (Å²) < 4.78 is 0. The summed E-state index contributed by atoms with van der Waals surface area (Å²) in [6, 6.07) is 21.4. The van der Waals surface area contributed by atoms with Gasteiger partial charge < -0.3 is 0 Å². The van der Waals surface area contributed by atoms with Crippen LogP contribution < -0.4 is 9.96 Å². The van der Waals surface area contributed by atoms with Gasteiger partial charge in [0.25, 0.3) is 5.91 Å². The van der Waals surface area contributed by atoms with E-state index in [4.69, 9.17) is 28.0 Å². The molecule has 0 spiro atoms. The molecule has 2 heterocycles. The van der Waals surface area contributed by atoms with Crippen LogP contribution in [-0.2, 0) is 14.4 Å². The third-order valence-corrected chi connectivity index (χ3v) is 6.41. The van der Waals surface area contributed by atoms with Gasteiger partial charge >= 0.3 is 0 Å². The molecule has 0 unspecified atom stereocenters. The second-order valence-corrected chi connectivity index (χ2v) is 8.50. The van der Waals surface area contributed by atoms with Crippen molar-refractivity contribution in [2.75, 3.05) is 9.96 Å². The number of benzene rings is 3. The Hall–Kier alpha value is -2.86. The number of rotatable bonds is 3. The molecule has 0 N–H and O–H groups in total. The van der Waals surface area contributed by atoms with Crippen molar-refractivity contribution in [1.82, 2.24) is 0 Å². The predicted octanol–water partition coefficient (Wildman–Crippen LogP) is 5.35. The topological polar surface area (TPSA) is 49.9 Å². The molecular formula is C24H18Cl2N2O3. The van der Waals surface area contributed by atoms with Crippen molar-refractivity contribution < 1.29 is 14.4 Å². The van der Waals surface area contributed by atoms with E-state index in [1.807, 2.05) is 49.4 Å². The fourth-order valence-electron chi connectivity index (χ4n) is 4.19. The minimum atomic E-state index is -0.923. The number of hydrogen-bond donors (Lipinski definition) is 0. The molecule has 0 saturated carbocycles. The average molecular weight is 453 g/mol. The number of para-hydroxylation sites is 1. The molecule has 7 heteroatoms. The molecule has 2 fully saturated rings. The number of imide groups is 1. The maximum absolute atomic E-state index is 13.6. The minimum absolute atomic E-state index is 0.312. The summed E-state index contributed by atoms with van der Waals surface area (Å²) in [5, 5.41) is 2.75. The predicted molar refractivity (Wildman–Crippen MR) is 120 cm³/mol. The van der Waals surface area contributed by atoms with E-state index in [2.05, 4.69) is 0 Å². The zero-order valence-corrected chi connectivity index (χ0v) is 18.0. The van der Waals surface area contributed by atoms with Crippen LogP contribution in [0.4, 0.5) is 11.4 Å². The first-order chi connectivity index (χ1) is 15.0. The number of fused-ring (bicyclic) bond motifs is 1. The summed E-state index contributed by atoms with van der Waals surface area (Å²) in [5.41, 5.74) is 2.92. The largest absolute Gasteiger partial charge is 0.273 e. The summed E-state index contributed by atoms with van der Waals surface area (Å²) in [6.07, 6.45) is -0.923. The second kappa shape index (κ2) is 7.68. The quantitative estimate of drug-likeness (QED) is 0.502. The molecule has 0 bridgehead atoms. The molecule has 31 heavy (non-hydrogen) atoms. The maximum atomic E-state index is 13.6. The van der Waals surface area contributed by atoms with Gasteiger partial charge in [-0.25, -0.2) is 9.96 Å². The van der Waals surface area contributed by atoms with Gasteiger partial charge in [-0.05, 0) is 54.4 Å². The third kappa shape index (κ3) is 3.30. The number of halogens is 2. The number of carbonyl (C=O) groups excluding carboxylic acids is 2. The summed E-state index contributed by atoms with van der Waals surface area (Å²) in [7, 11) is 0. The molecule has 2 amide bonds. The molecule has 0 aromatic heterocycles. The van der Waals surface area contributed by atoms with E-state index in [1.165, 1.54) is 4.90 Å². The van der Waals surface area contributed by atoms with Gasteiger partial charge in [-0.15, -0.1) is 0 Å². The lowest BCUT2D eigenvalue weighted by atomic mass is 9.90. The van der Waals surface area contributed by atoms with E-state index in [9.17, 15) is 9.59 Å². The molecule has 2 aliphatic rings. The van der Waals surface area contributed by atoms with Crippen LogP contribution in [0.2, 0.25) is 10.0 Å². The minimum Gasteiger partial charge on any atom is -0.273 e. The van der Waals surface area contributed by atoms with Crippen LogP contribution in [-0.4, -0.2) is 17.9 Å². The Morgan fingerprint density at radius 1 is 0.839 bits per heavy atom. The third-order valence-electron chi connectivity index (χ3n) is 5.75. The highest BCUT2D eigenvalue weighted by Gasteiger charge is 2.60. The van der Waals surface area contributed by atoms with Crippen LogP contribution in [0.3, 0.4) is 0 Å². The lowest BCUT2D eigenvalue weighted by Gasteiger charge is -2.28. The molecule has 0 aliphatic carbocycles. The lowest BCUT2D eigenvalue weighted by molar-refractivity contribution is -0.126. The van der Waals surface area contributed by atoms with Gasteiger partial charge in [0, 0.05) is 10.0 Å². The van der Waals surface area contributed by atoms with Crippen molar-refractivity contribution >= 4 is 46.4 Å². The zero-order chi connectivity index (χ0) is 21.7. The smallest absolute Gasteiger partial charge is 0.266 e. The first-order valence-electron chi connectivity index (χ1n) is 9.86. The molecule has 0 radical (unpaired) electrons. The van der Waals surface area contributed by atoms with Crippen molar-refractivity contribution in [3.05, 3.63) is 94.0 Å². The van der Waals surface area contributed by atoms with E-state index in [1.54, 1.807) is 35.4 Å². The van der Waals surface area contributed by atoms with Gasteiger partial charge in [-0.1, -0.05) is 59.6 Å². The molecular weight excluding hydrogens is 435 g/mol. The van der Waals surface area contributed by atoms with Crippen LogP contribution in [0.1, 0.15) is 17.2 Å². The van der Waals surface area contributed by atoms with Crippen LogP contribution in [0.5, 0.6) is 0 Å². The summed E-state index contributed by atoms with van der Waals surface area (Å²) in [6.45, 7) is 1.87. The Balaban J connectivity index is 1.58. The van der Waals surface area contributed by atoms with Gasteiger partial charge in [0.05, 0.1) is 17.4 Å². The van der Waals surface area contributed by atoms with E-state index >= 15 is 0 Å². The summed E-state index contributed by atoms with van der Waals surface area (Å²) >= 11 is 12.3. The Bertz CT molecular complexity index is 1170. The van der Waals surface area contributed by atoms with Crippen molar-refractivity contribution in [2.24, 2.45) is 5.92 Å². The molecule has 156 valence electrons. The van der Waals surface area contributed by atoms with Gasteiger partial charge in [0.2, 0.25) is 5.91 Å². The highest BCUT2D eigenvalue weighted by molar-refractivity contribution is 6.32. The van der Waals surface area contributed by atoms with Crippen molar-refractivity contribution in [3.63, 3.8) is 0 Å². The van der Waals surface area contributed by atoms with Crippen LogP contribution in [0, 0.1) is 12.8 Å². The SMILES string of the molecule is Cc1ccc(N2C(=O)[C@H]3[C@@H](ON(c4ccccc4)[C@H]3c3ccc(Cl)cc3)C2=O)cc1Cl. The maximum Gasteiger partial charge on any atom is 0.266 e. The van der Waals surface area contributed by atoms with Crippen LogP contribution >= 0.6 is 23.2 Å². The van der Waals surface area contributed by atoms with Gasteiger partial charge in [0.1, 0.15) is 5.92 Å². The normalized spacial score (nSPS) is 22.9. The summed E-state index contributed by atoms with van der Waals surface area (Å²) in [4.78, 5) is 34.1. The highest BCUT2D eigenvalue weighted by atomic mass is 35.5. The van der Waals surface area contributed by atoms with Gasteiger partial charge in [-0.3, -0.25) is 14.4 Å². The van der Waals surface area contributed by atoms with Crippen molar-refractivity contribution in [2.45, 2.75) is 19.1 Å². The Morgan fingerprint density at radius 3 is 2.23 bits per heavy atom. The standard InChI is InChI=1S/C24H18Cl2N2O3/c1-14-7-12-18(13-19(14)26)27-23(29)20-21(15-8-10-16(25)11-9-15)28(31-22(20)24(27)30)17-5-3-2-4-6-17/h2-13,20-22H,1H3/t20-,21+,22-/m1/s1. The van der Waals surface area contributed by atoms with E-state index in [0.29, 0.717) is 15.7 Å². The molecule has 5 rings (SSSR count). The van der Waals surface area contributed by atoms with Crippen molar-refractivity contribution in [3.8, 4) is 0 Å². The second-order valence-electron chi connectivity index (χ2n) is 7.65. The first kappa shape index (κ1) is 20.1. The van der Waals surface area contributed by atoms with Crippen LogP contribution in [0.25, 0.3) is 0 Å². The number of hydrogen-bond acceptors (Lipinski definition) is 4. The monoisotopic (exact) mass is 452 g/mol. The lowest BCUT2D eigenvalue weighted by Crippen LogP contribution is -2.37. The number of amides is 2. The molecule has 3 atom stereocenters. The highest BCUT2D eigenvalue weighted by Crippen LogP contribution is 2.47. The van der Waals surface area contributed by atoms with E-state index in [-0.39, 0.29) is 5.91 Å². The fourth-order valence-corrected chi connectivity index (χ4v) is 4.49. The van der Waals surface area contributed by atoms with Gasteiger partial charge in [-0.2, -0.15) is 0 Å². The molecule has 2 saturated heterocycles. The number of carbonyl (C=O) groups is 2. The number of nitrogens with zero attached hydrogens (tertiary/aromatic N) is 2. The van der Waals surface area contributed by atoms with E-state index < -0.39 is 24.0 Å². The van der Waals surface area contributed by atoms with Crippen molar-refractivity contribution in [1.29, 1.82) is 0 Å². The number of anilines is 2. The van der Waals surface area contributed by atoms with Crippen LogP contribution in [0.15, 0.2) is 72.8 Å². The number of hydroxylamine groups is 1. The average Bonchev–Trinajstić information content (AvgIpc) is 3.28. The zero-order valence-electron chi connectivity index (χ0n) is 16.5. The summed E-state index contributed by atoms with van der Waals surface area (Å²) in [5.74, 6) is -1.41. The molecule has 2 aliphatic heterocycles. The molecule has 5 nitrogen and oxygen atoms in total. The molecule has 3 aromatic rings. The first-order valence-corrected chi connectivity index (χ1v) is 10.6. The Morgan fingerprint density at radius 2 is 1.55 bits per heavy atom. The Labute approximate surface area is 189 Å². The van der Waals surface area contributed by atoms with E-state index in [0.717, 1.165) is 16.8 Å². The van der Waals surface area contributed by atoms with Gasteiger partial charge in [0.15, 0.2) is 6.10 Å².